The molecule has 0 heterocycles. The third kappa shape index (κ3) is 3.24. The summed E-state index contributed by atoms with van der Waals surface area (Å²) in [5, 5.41) is 20.4. The van der Waals surface area contributed by atoms with Gasteiger partial charge in [-0.3, -0.25) is 9.69 Å². The molecule has 1 aromatic rings. The van der Waals surface area contributed by atoms with E-state index in [9.17, 15) is 9.18 Å². The SMILES string of the molecule is CN(Cc1ccc(C(N)=NO)cc1F)C(C)(C)C(=O)O. The third-order valence-electron chi connectivity index (χ3n) is 3.34. The number of benzene rings is 1. The number of carboxylic acid groups (broad SMARTS) is 1. The van der Waals surface area contributed by atoms with Crippen LogP contribution in [0, 0.1) is 5.82 Å². The lowest BCUT2D eigenvalue weighted by atomic mass is 10.0. The van der Waals surface area contributed by atoms with E-state index in [4.69, 9.17) is 16.0 Å². The number of halogens is 1. The summed E-state index contributed by atoms with van der Waals surface area (Å²) in [5.41, 5.74) is 4.84. The zero-order valence-corrected chi connectivity index (χ0v) is 11.6. The van der Waals surface area contributed by atoms with Gasteiger partial charge < -0.3 is 16.0 Å². The Morgan fingerprint density at radius 3 is 2.55 bits per heavy atom. The minimum atomic E-state index is -1.11. The average Bonchev–Trinajstić information content (AvgIpc) is 2.39. The van der Waals surface area contributed by atoms with E-state index in [0.717, 1.165) is 6.07 Å². The summed E-state index contributed by atoms with van der Waals surface area (Å²) in [6.45, 7) is 3.21. The summed E-state index contributed by atoms with van der Waals surface area (Å²) >= 11 is 0. The molecular weight excluding hydrogens is 265 g/mol. The molecule has 7 heteroatoms. The lowest BCUT2D eigenvalue weighted by molar-refractivity contribution is -0.148. The molecule has 0 bridgehead atoms. The Bertz CT molecular complexity index is 544. The highest BCUT2D eigenvalue weighted by Gasteiger charge is 2.32. The lowest BCUT2D eigenvalue weighted by Gasteiger charge is -2.31. The van der Waals surface area contributed by atoms with Gasteiger partial charge in [-0.25, -0.2) is 4.39 Å². The van der Waals surface area contributed by atoms with Crippen molar-refractivity contribution >= 4 is 11.8 Å². The quantitative estimate of drug-likeness (QED) is 0.326. The smallest absolute Gasteiger partial charge is 0.323 e. The summed E-state index contributed by atoms with van der Waals surface area (Å²) in [4.78, 5) is 12.6. The molecule has 0 aromatic heterocycles. The maximum Gasteiger partial charge on any atom is 0.323 e. The maximum absolute atomic E-state index is 13.9. The van der Waals surface area contributed by atoms with Crippen molar-refractivity contribution in [1.29, 1.82) is 0 Å². The highest BCUT2D eigenvalue weighted by molar-refractivity contribution is 5.97. The number of amidine groups is 1. The van der Waals surface area contributed by atoms with Crippen molar-refractivity contribution in [2.45, 2.75) is 25.9 Å². The molecule has 0 fully saturated rings. The minimum absolute atomic E-state index is 0.127. The van der Waals surface area contributed by atoms with Crippen molar-refractivity contribution < 1.29 is 19.5 Å². The molecule has 6 nitrogen and oxygen atoms in total. The van der Waals surface area contributed by atoms with Gasteiger partial charge in [-0.2, -0.15) is 0 Å². The van der Waals surface area contributed by atoms with Gasteiger partial charge in [-0.15, -0.1) is 0 Å². The summed E-state index contributed by atoms with van der Waals surface area (Å²) in [5.74, 6) is -1.72. The van der Waals surface area contributed by atoms with Crippen LogP contribution in [0.15, 0.2) is 23.4 Å². The van der Waals surface area contributed by atoms with Gasteiger partial charge in [0, 0.05) is 17.7 Å². The number of aliphatic carboxylic acids is 1. The van der Waals surface area contributed by atoms with E-state index in [0.29, 0.717) is 5.56 Å². The van der Waals surface area contributed by atoms with Gasteiger partial charge in [0.2, 0.25) is 0 Å². The maximum atomic E-state index is 13.9. The molecule has 0 radical (unpaired) electrons. The van der Waals surface area contributed by atoms with E-state index in [1.165, 1.54) is 30.9 Å². The van der Waals surface area contributed by atoms with Gasteiger partial charge in [0.25, 0.3) is 0 Å². The number of nitrogens with zero attached hydrogens (tertiary/aromatic N) is 2. The highest BCUT2D eigenvalue weighted by atomic mass is 19.1. The first-order valence-electron chi connectivity index (χ1n) is 5.91. The molecule has 0 saturated heterocycles. The number of oxime groups is 1. The zero-order chi connectivity index (χ0) is 15.5. The molecule has 4 N–H and O–H groups in total. The van der Waals surface area contributed by atoms with E-state index < -0.39 is 17.3 Å². The molecule has 0 aliphatic rings. The summed E-state index contributed by atoms with van der Waals surface area (Å²) in [6, 6.07) is 4.14. The number of carbonyl (C=O) groups is 1. The van der Waals surface area contributed by atoms with Gasteiger partial charge in [-0.1, -0.05) is 17.3 Å². The Balaban J connectivity index is 2.98. The third-order valence-corrected chi connectivity index (χ3v) is 3.34. The molecule has 0 aliphatic heterocycles. The van der Waals surface area contributed by atoms with E-state index in [2.05, 4.69) is 5.16 Å². The van der Waals surface area contributed by atoms with Crippen LogP contribution in [-0.4, -0.2) is 39.6 Å². The lowest BCUT2D eigenvalue weighted by Crippen LogP contribution is -2.47. The van der Waals surface area contributed by atoms with Crippen LogP contribution in [-0.2, 0) is 11.3 Å². The molecule has 0 unspecified atom stereocenters. The first-order chi connectivity index (χ1) is 9.20. The normalized spacial score (nSPS) is 12.8. The highest BCUT2D eigenvalue weighted by Crippen LogP contribution is 2.18. The van der Waals surface area contributed by atoms with E-state index in [-0.39, 0.29) is 17.9 Å². The fraction of sp³-hybridized carbons (Fsp3) is 0.385. The number of hydrogen-bond donors (Lipinski definition) is 3. The molecule has 1 rings (SSSR count). The first kappa shape index (κ1) is 15.9. The van der Waals surface area contributed by atoms with Crippen molar-refractivity contribution in [3.8, 4) is 0 Å². The second-order valence-electron chi connectivity index (χ2n) is 5.01. The van der Waals surface area contributed by atoms with Crippen molar-refractivity contribution in [1.82, 2.24) is 4.90 Å². The van der Waals surface area contributed by atoms with Crippen LogP contribution >= 0.6 is 0 Å². The molecule has 0 spiro atoms. The number of carboxylic acids is 1. The first-order valence-corrected chi connectivity index (χ1v) is 5.91. The van der Waals surface area contributed by atoms with Crippen LogP contribution in [0.3, 0.4) is 0 Å². The molecule has 110 valence electrons. The Morgan fingerprint density at radius 1 is 1.50 bits per heavy atom. The zero-order valence-electron chi connectivity index (χ0n) is 11.6. The Hall–Kier alpha value is -2.15. The van der Waals surface area contributed by atoms with Gasteiger partial charge >= 0.3 is 5.97 Å². The topological polar surface area (TPSA) is 99.1 Å². The number of rotatable bonds is 5. The molecule has 1 aromatic carbocycles. The van der Waals surface area contributed by atoms with E-state index in [1.54, 1.807) is 7.05 Å². The van der Waals surface area contributed by atoms with E-state index in [1.807, 2.05) is 0 Å². The van der Waals surface area contributed by atoms with Crippen LogP contribution in [0.4, 0.5) is 4.39 Å². The van der Waals surface area contributed by atoms with Crippen molar-refractivity contribution in [3.05, 3.63) is 35.1 Å². The van der Waals surface area contributed by atoms with Gasteiger partial charge in [-0.05, 0) is 27.0 Å². The van der Waals surface area contributed by atoms with Crippen LogP contribution in [0.1, 0.15) is 25.0 Å². The summed E-state index contributed by atoms with van der Waals surface area (Å²) < 4.78 is 13.9. The minimum Gasteiger partial charge on any atom is -0.480 e. The van der Waals surface area contributed by atoms with Crippen LogP contribution < -0.4 is 5.73 Å². The molecule has 0 aliphatic carbocycles. The van der Waals surface area contributed by atoms with Crippen LogP contribution in [0.2, 0.25) is 0 Å². The largest absolute Gasteiger partial charge is 0.480 e. The van der Waals surface area contributed by atoms with Gasteiger partial charge in [0.15, 0.2) is 5.84 Å². The monoisotopic (exact) mass is 283 g/mol. The van der Waals surface area contributed by atoms with Crippen LogP contribution in [0.25, 0.3) is 0 Å². The number of nitrogens with two attached hydrogens (primary N) is 1. The predicted molar refractivity (Wildman–Crippen MR) is 72.1 cm³/mol. The number of hydrogen-bond acceptors (Lipinski definition) is 4. The average molecular weight is 283 g/mol. The Kier molecular flexibility index (Phi) is 4.67. The fourth-order valence-corrected chi connectivity index (χ4v) is 1.51. The second kappa shape index (κ2) is 5.87. The Labute approximate surface area is 116 Å². The van der Waals surface area contributed by atoms with Crippen molar-refractivity contribution in [2.75, 3.05) is 7.05 Å². The van der Waals surface area contributed by atoms with Gasteiger partial charge in [0.05, 0.1) is 0 Å². The fourth-order valence-electron chi connectivity index (χ4n) is 1.51. The number of likely N-dealkylation sites (N-methyl/N-ethyl adjacent to an activating group) is 1. The molecule has 20 heavy (non-hydrogen) atoms. The van der Waals surface area contributed by atoms with E-state index >= 15 is 0 Å². The Morgan fingerprint density at radius 2 is 2.10 bits per heavy atom. The standard InChI is InChI=1S/C13H18FN3O3/c1-13(2,12(18)19)17(3)7-9-5-4-8(6-10(9)14)11(15)16-20/h4-6,20H,7H2,1-3H3,(H2,15,16)(H,18,19). The van der Waals surface area contributed by atoms with Crippen molar-refractivity contribution in [3.63, 3.8) is 0 Å². The van der Waals surface area contributed by atoms with Crippen molar-refractivity contribution in [2.24, 2.45) is 10.9 Å². The molecule has 0 saturated carbocycles. The summed E-state index contributed by atoms with van der Waals surface area (Å²) in [6.07, 6.45) is 0. The molecule has 0 amide bonds. The molecule has 0 atom stereocenters. The second-order valence-corrected chi connectivity index (χ2v) is 5.01. The van der Waals surface area contributed by atoms with Gasteiger partial charge in [0.1, 0.15) is 11.4 Å². The summed E-state index contributed by atoms with van der Waals surface area (Å²) in [7, 11) is 1.60. The van der Waals surface area contributed by atoms with Crippen LogP contribution in [0.5, 0.6) is 0 Å². The molecular formula is C13H18FN3O3. The predicted octanol–water partition coefficient (Wildman–Crippen LogP) is 1.22.